The van der Waals surface area contributed by atoms with Crippen LogP contribution in [0.25, 0.3) is 0 Å². The Hall–Kier alpha value is -1.33. The number of nitrogens with one attached hydrogen (secondary N) is 2. The van der Waals surface area contributed by atoms with Gasteiger partial charge in [0.25, 0.3) is 0 Å². The fourth-order valence-corrected chi connectivity index (χ4v) is 1.82. The zero-order chi connectivity index (χ0) is 11.4. The molecule has 2 rings (SSSR count). The van der Waals surface area contributed by atoms with Crippen molar-refractivity contribution in [3.8, 4) is 0 Å². The summed E-state index contributed by atoms with van der Waals surface area (Å²) < 4.78 is 10.4. The first-order valence-corrected chi connectivity index (χ1v) is 5.36. The molecule has 1 saturated heterocycles. The molecule has 1 fully saturated rings. The molecule has 2 unspecified atom stereocenters. The van der Waals surface area contributed by atoms with Crippen LogP contribution >= 0.6 is 0 Å². The number of furan rings is 1. The number of likely N-dealkylation sites (N-methyl/N-ethyl adjacent to an activating group) is 1. The third-order valence-electron chi connectivity index (χ3n) is 2.81. The van der Waals surface area contributed by atoms with Crippen LogP contribution in [-0.4, -0.2) is 32.2 Å². The Bertz CT molecular complexity index is 337. The van der Waals surface area contributed by atoms with Gasteiger partial charge >= 0.3 is 0 Å². The van der Waals surface area contributed by atoms with Crippen LogP contribution in [0.5, 0.6) is 0 Å². The SMILES string of the molecule is CNC1COCC1C(=O)NCc1ccco1. The van der Waals surface area contributed by atoms with E-state index in [1.807, 2.05) is 13.1 Å². The lowest BCUT2D eigenvalue weighted by Gasteiger charge is -2.15. The van der Waals surface area contributed by atoms with Gasteiger partial charge in [0.05, 0.1) is 31.9 Å². The largest absolute Gasteiger partial charge is 0.467 e. The second-order valence-electron chi connectivity index (χ2n) is 3.84. The Balaban J connectivity index is 1.83. The molecule has 2 heterocycles. The number of rotatable bonds is 4. The predicted molar refractivity (Wildman–Crippen MR) is 57.7 cm³/mol. The summed E-state index contributed by atoms with van der Waals surface area (Å²) in [6, 6.07) is 3.74. The van der Waals surface area contributed by atoms with Crippen LogP contribution in [0.1, 0.15) is 5.76 Å². The van der Waals surface area contributed by atoms with Gasteiger partial charge in [-0.15, -0.1) is 0 Å². The molecule has 1 aliphatic rings. The van der Waals surface area contributed by atoms with Crippen molar-refractivity contribution in [3.05, 3.63) is 24.2 Å². The lowest BCUT2D eigenvalue weighted by molar-refractivity contribution is -0.125. The number of ether oxygens (including phenoxy) is 1. The van der Waals surface area contributed by atoms with Crippen LogP contribution in [-0.2, 0) is 16.1 Å². The molecule has 16 heavy (non-hydrogen) atoms. The minimum Gasteiger partial charge on any atom is -0.467 e. The van der Waals surface area contributed by atoms with E-state index in [0.717, 1.165) is 5.76 Å². The summed E-state index contributed by atoms with van der Waals surface area (Å²) in [5, 5.41) is 5.92. The minimum absolute atomic E-state index is 0.00764. The summed E-state index contributed by atoms with van der Waals surface area (Å²) in [6.07, 6.45) is 1.59. The average molecular weight is 224 g/mol. The van der Waals surface area contributed by atoms with Crippen molar-refractivity contribution < 1.29 is 13.9 Å². The fourth-order valence-electron chi connectivity index (χ4n) is 1.82. The van der Waals surface area contributed by atoms with Crippen molar-refractivity contribution in [3.63, 3.8) is 0 Å². The zero-order valence-electron chi connectivity index (χ0n) is 9.23. The van der Waals surface area contributed by atoms with Crippen LogP contribution in [0.15, 0.2) is 22.8 Å². The maximum atomic E-state index is 11.8. The highest BCUT2D eigenvalue weighted by molar-refractivity contribution is 5.79. The zero-order valence-corrected chi connectivity index (χ0v) is 9.23. The molecule has 0 radical (unpaired) electrons. The first kappa shape index (κ1) is 11.2. The Kier molecular flexibility index (Phi) is 3.58. The summed E-state index contributed by atoms with van der Waals surface area (Å²) in [5.74, 6) is 0.654. The van der Waals surface area contributed by atoms with E-state index in [9.17, 15) is 4.79 Å². The molecule has 1 aliphatic heterocycles. The molecular formula is C11H16N2O3. The molecule has 5 nitrogen and oxygen atoms in total. The van der Waals surface area contributed by atoms with Crippen molar-refractivity contribution in [2.45, 2.75) is 12.6 Å². The van der Waals surface area contributed by atoms with Crippen molar-refractivity contribution in [1.82, 2.24) is 10.6 Å². The first-order chi connectivity index (χ1) is 7.81. The Morgan fingerprint density at radius 2 is 2.44 bits per heavy atom. The highest BCUT2D eigenvalue weighted by Gasteiger charge is 2.32. The maximum Gasteiger partial charge on any atom is 0.227 e. The van der Waals surface area contributed by atoms with Gasteiger partial charge in [0.2, 0.25) is 5.91 Å². The lowest BCUT2D eigenvalue weighted by atomic mass is 10.0. The minimum atomic E-state index is -0.111. The molecule has 0 saturated carbocycles. The van der Waals surface area contributed by atoms with Crippen LogP contribution in [0.2, 0.25) is 0 Å². The van der Waals surface area contributed by atoms with Gasteiger partial charge in [-0.05, 0) is 19.2 Å². The third-order valence-corrected chi connectivity index (χ3v) is 2.81. The third kappa shape index (κ3) is 2.43. The Labute approximate surface area is 94.1 Å². The molecule has 1 aromatic rings. The fraction of sp³-hybridized carbons (Fsp3) is 0.545. The van der Waals surface area contributed by atoms with E-state index in [2.05, 4.69) is 10.6 Å². The van der Waals surface area contributed by atoms with E-state index in [-0.39, 0.29) is 17.9 Å². The molecule has 5 heteroatoms. The summed E-state index contributed by atoms with van der Waals surface area (Å²) >= 11 is 0. The van der Waals surface area contributed by atoms with E-state index in [1.54, 1.807) is 12.3 Å². The van der Waals surface area contributed by atoms with Crippen LogP contribution in [0.3, 0.4) is 0 Å². The number of hydrogen-bond acceptors (Lipinski definition) is 4. The van der Waals surface area contributed by atoms with Gasteiger partial charge in [0.1, 0.15) is 5.76 Å². The van der Waals surface area contributed by atoms with Crippen LogP contribution in [0, 0.1) is 5.92 Å². The molecule has 2 atom stereocenters. The van der Waals surface area contributed by atoms with Gasteiger partial charge in [-0.25, -0.2) is 0 Å². The van der Waals surface area contributed by atoms with E-state index < -0.39 is 0 Å². The Morgan fingerprint density at radius 3 is 3.12 bits per heavy atom. The second-order valence-corrected chi connectivity index (χ2v) is 3.84. The monoisotopic (exact) mass is 224 g/mol. The molecule has 0 aliphatic carbocycles. The standard InChI is InChI=1S/C11H16N2O3/c1-12-10-7-15-6-9(10)11(14)13-5-8-3-2-4-16-8/h2-4,9-10,12H,5-7H2,1H3,(H,13,14). The normalized spacial score (nSPS) is 24.6. The lowest BCUT2D eigenvalue weighted by Crippen LogP contribution is -2.42. The van der Waals surface area contributed by atoms with Gasteiger partial charge in [0, 0.05) is 6.04 Å². The van der Waals surface area contributed by atoms with Gasteiger partial charge in [0.15, 0.2) is 0 Å². The number of carbonyl (C=O) groups excluding carboxylic acids is 1. The highest BCUT2D eigenvalue weighted by Crippen LogP contribution is 2.13. The maximum absolute atomic E-state index is 11.8. The molecule has 0 aromatic carbocycles. The summed E-state index contributed by atoms with van der Waals surface area (Å²) in [5.41, 5.74) is 0. The summed E-state index contributed by atoms with van der Waals surface area (Å²) in [6.45, 7) is 1.50. The molecule has 0 bridgehead atoms. The van der Waals surface area contributed by atoms with Gasteiger partial charge in [-0.2, -0.15) is 0 Å². The topological polar surface area (TPSA) is 63.5 Å². The number of amides is 1. The predicted octanol–water partition coefficient (Wildman–Crippen LogP) is 0.130. The van der Waals surface area contributed by atoms with Crippen LogP contribution in [0.4, 0.5) is 0 Å². The molecule has 1 aromatic heterocycles. The van der Waals surface area contributed by atoms with E-state index in [4.69, 9.17) is 9.15 Å². The summed E-state index contributed by atoms with van der Waals surface area (Å²) in [7, 11) is 1.84. The highest BCUT2D eigenvalue weighted by atomic mass is 16.5. The number of hydrogen-bond donors (Lipinski definition) is 2. The van der Waals surface area contributed by atoms with Gasteiger partial charge < -0.3 is 19.8 Å². The average Bonchev–Trinajstić information content (AvgIpc) is 2.96. The second kappa shape index (κ2) is 5.14. The van der Waals surface area contributed by atoms with Crippen molar-refractivity contribution in [1.29, 1.82) is 0 Å². The van der Waals surface area contributed by atoms with Crippen LogP contribution < -0.4 is 10.6 Å². The van der Waals surface area contributed by atoms with Crippen molar-refractivity contribution in [2.24, 2.45) is 5.92 Å². The van der Waals surface area contributed by atoms with Crippen molar-refractivity contribution >= 4 is 5.91 Å². The van der Waals surface area contributed by atoms with E-state index in [1.165, 1.54) is 0 Å². The van der Waals surface area contributed by atoms with Crippen molar-refractivity contribution in [2.75, 3.05) is 20.3 Å². The molecule has 88 valence electrons. The quantitative estimate of drug-likeness (QED) is 0.763. The molecular weight excluding hydrogens is 208 g/mol. The van der Waals surface area contributed by atoms with Gasteiger partial charge in [-0.1, -0.05) is 0 Å². The molecule has 2 N–H and O–H groups in total. The molecule has 1 amide bonds. The van der Waals surface area contributed by atoms with Gasteiger partial charge in [-0.3, -0.25) is 4.79 Å². The summed E-state index contributed by atoms with van der Waals surface area (Å²) in [4.78, 5) is 11.8. The molecule has 0 spiro atoms. The van der Waals surface area contributed by atoms with E-state index in [0.29, 0.717) is 19.8 Å². The smallest absolute Gasteiger partial charge is 0.227 e. The first-order valence-electron chi connectivity index (χ1n) is 5.36. The Morgan fingerprint density at radius 1 is 1.56 bits per heavy atom. The van der Waals surface area contributed by atoms with E-state index >= 15 is 0 Å². The number of carbonyl (C=O) groups is 1.